The van der Waals surface area contributed by atoms with Gasteiger partial charge in [-0.1, -0.05) is 35.3 Å². The lowest BCUT2D eigenvalue weighted by atomic mass is 9.87. The summed E-state index contributed by atoms with van der Waals surface area (Å²) in [7, 11) is 0. The van der Waals surface area contributed by atoms with E-state index in [-0.39, 0.29) is 10.0 Å². The van der Waals surface area contributed by atoms with Crippen molar-refractivity contribution < 1.29 is 18.3 Å². The van der Waals surface area contributed by atoms with Crippen LogP contribution in [-0.2, 0) is 9.53 Å². The summed E-state index contributed by atoms with van der Waals surface area (Å²) in [5, 5.41) is -0.136. The van der Waals surface area contributed by atoms with Crippen LogP contribution in [0.25, 0.3) is 0 Å². The maximum atomic E-state index is 13.5. The predicted molar refractivity (Wildman–Crippen MR) is 93.9 cm³/mol. The molecular formula is C18H17Cl2F2NO2. The van der Waals surface area contributed by atoms with Crippen molar-refractivity contribution in [1.29, 1.82) is 0 Å². The Hall–Kier alpha value is -1.69. The Morgan fingerprint density at radius 3 is 1.80 bits per heavy atom. The summed E-state index contributed by atoms with van der Waals surface area (Å²) in [6.07, 6.45) is -0.665. The molecule has 0 radical (unpaired) electrons. The third kappa shape index (κ3) is 4.69. The van der Waals surface area contributed by atoms with E-state index in [0.717, 1.165) is 0 Å². The molecule has 2 atom stereocenters. The zero-order chi connectivity index (χ0) is 18.7. The summed E-state index contributed by atoms with van der Waals surface area (Å²) in [6.45, 7) is 3.17. The van der Waals surface area contributed by atoms with Crippen molar-refractivity contribution in [3.63, 3.8) is 0 Å². The van der Waals surface area contributed by atoms with Crippen molar-refractivity contribution >= 4 is 29.2 Å². The van der Waals surface area contributed by atoms with E-state index < -0.39 is 35.7 Å². The molecule has 0 aliphatic rings. The Labute approximate surface area is 154 Å². The quantitative estimate of drug-likeness (QED) is 0.757. The van der Waals surface area contributed by atoms with Gasteiger partial charge < -0.3 is 10.5 Å². The highest BCUT2D eigenvalue weighted by molar-refractivity contribution is 6.31. The average Bonchev–Trinajstić information content (AvgIpc) is 2.54. The molecule has 0 saturated carbocycles. The summed E-state index contributed by atoms with van der Waals surface area (Å²) in [5.74, 6) is -2.25. The molecule has 3 nitrogen and oxygen atoms in total. The number of rotatable bonds is 5. The summed E-state index contributed by atoms with van der Waals surface area (Å²) >= 11 is 11.7. The standard InChI is InChI=1S/C18H17Cl2F2NO2/c1-9(23)18(24)25-10(2)17(11-3-5-15(21)13(19)7-11)12-4-6-16(22)14(20)8-12/h3-10,17H,23H2,1-2H3/t9-,10-/m0/s1. The molecule has 134 valence electrons. The van der Waals surface area contributed by atoms with E-state index in [0.29, 0.717) is 11.1 Å². The second kappa shape index (κ2) is 8.13. The molecular weight excluding hydrogens is 371 g/mol. The largest absolute Gasteiger partial charge is 0.461 e. The highest BCUT2D eigenvalue weighted by atomic mass is 35.5. The Morgan fingerprint density at radius 1 is 1.00 bits per heavy atom. The van der Waals surface area contributed by atoms with Crippen molar-refractivity contribution in [2.45, 2.75) is 31.9 Å². The number of nitrogens with two attached hydrogens (primary N) is 1. The number of hydrogen-bond acceptors (Lipinski definition) is 3. The minimum absolute atomic E-state index is 0.0681. The van der Waals surface area contributed by atoms with Crippen LogP contribution in [0, 0.1) is 11.6 Å². The molecule has 0 heterocycles. The molecule has 2 aromatic carbocycles. The zero-order valence-electron chi connectivity index (χ0n) is 13.6. The maximum Gasteiger partial charge on any atom is 0.322 e. The van der Waals surface area contributed by atoms with Crippen molar-refractivity contribution in [2.75, 3.05) is 0 Å². The van der Waals surface area contributed by atoms with Crippen LogP contribution < -0.4 is 5.73 Å². The van der Waals surface area contributed by atoms with E-state index in [1.165, 1.54) is 43.3 Å². The number of hydrogen-bond donors (Lipinski definition) is 1. The average molecular weight is 388 g/mol. The van der Waals surface area contributed by atoms with Crippen LogP contribution in [0.1, 0.15) is 30.9 Å². The lowest BCUT2D eigenvalue weighted by Gasteiger charge is -2.26. The molecule has 2 N–H and O–H groups in total. The van der Waals surface area contributed by atoms with Gasteiger partial charge in [-0.05, 0) is 49.2 Å². The Morgan fingerprint density at radius 2 is 1.44 bits per heavy atom. The van der Waals surface area contributed by atoms with Crippen molar-refractivity contribution in [2.24, 2.45) is 5.73 Å². The lowest BCUT2D eigenvalue weighted by Crippen LogP contribution is -2.33. The fraction of sp³-hybridized carbons (Fsp3) is 0.278. The second-order valence-electron chi connectivity index (χ2n) is 5.76. The first kappa shape index (κ1) is 19.6. The minimum atomic E-state index is -0.795. The van der Waals surface area contributed by atoms with Gasteiger partial charge in [-0.2, -0.15) is 0 Å². The van der Waals surface area contributed by atoms with Gasteiger partial charge in [0.05, 0.1) is 10.0 Å². The van der Waals surface area contributed by atoms with Crippen LogP contribution in [0.2, 0.25) is 10.0 Å². The van der Waals surface area contributed by atoms with Gasteiger partial charge in [0.15, 0.2) is 0 Å². The smallest absolute Gasteiger partial charge is 0.322 e. The summed E-state index contributed by atoms with van der Waals surface area (Å²) in [5.41, 5.74) is 6.73. The number of ether oxygens (including phenoxy) is 1. The second-order valence-corrected chi connectivity index (χ2v) is 6.57. The Bertz CT molecular complexity index is 732. The fourth-order valence-corrected chi connectivity index (χ4v) is 2.88. The van der Waals surface area contributed by atoms with E-state index in [9.17, 15) is 13.6 Å². The van der Waals surface area contributed by atoms with Gasteiger partial charge in [-0.3, -0.25) is 4.79 Å². The number of halogens is 4. The molecule has 0 bridgehead atoms. The van der Waals surface area contributed by atoms with Crippen LogP contribution in [0.15, 0.2) is 36.4 Å². The molecule has 0 amide bonds. The summed E-state index contributed by atoms with van der Waals surface area (Å²) in [6, 6.07) is 7.57. The Kier molecular flexibility index (Phi) is 6.38. The SMILES string of the molecule is C[C@H](N)C(=O)O[C@@H](C)C(c1ccc(F)c(Cl)c1)c1ccc(F)c(Cl)c1. The molecule has 0 spiro atoms. The zero-order valence-corrected chi connectivity index (χ0v) is 15.1. The van der Waals surface area contributed by atoms with Gasteiger partial charge in [0.1, 0.15) is 23.8 Å². The molecule has 25 heavy (non-hydrogen) atoms. The number of benzene rings is 2. The summed E-state index contributed by atoms with van der Waals surface area (Å²) in [4.78, 5) is 11.8. The normalized spacial score (nSPS) is 13.6. The molecule has 2 rings (SSSR count). The summed E-state index contributed by atoms with van der Waals surface area (Å²) < 4.78 is 32.4. The van der Waals surface area contributed by atoms with Crippen LogP contribution in [0.3, 0.4) is 0 Å². The fourth-order valence-electron chi connectivity index (χ4n) is 2.50. The molecule has 7 heteroatoms. The van der Waals surface area contributed by atoms with Gasteiger partial charge in [0.25, 0.3) is 0 Å². The first-order valence-electron chi connectivity index (χ1n) is 7.56. The predicted octanol–water partition coefficient (Wildman–Crippen LogP) is 4.68. The van der Waals surface area contributed by atoms with Gasteiger partial charge in [-0.15, -0.1) is 0 Å². The van der Waals surface area contributed by atoms with Crippen molar-refractivity contribution in [3.05, 3.63) is 69.2 Å². The van der Waals surface area contributed by atoms with Crippen LogP contribution in [-0.4, -0.2) is 18.1 Å². The molecule has 0 aromatic heterocycles. The molecule has 0 saturated heterocycles. The van der Waals surface area contributed by atoms with E-state index in [1.807, 2.05) is 0 Å². The topological polar surface area (TPSA) is 52.3 Å². The van der Waals surface area contributed by atoms with Gasteiger partial charge in [0, 0.05) is 5.92 Å². The first-order chi connectivity index (χ1) is 11.7. The number of carbonyl (C=O) groups excluding carboxylic acids is 1. The maximum absolute atomic E-state index is 13.5. The number of carbonyl (C=O) groups is 1. The molecule has 2 aromatic rings. The highest BCUT2D eigenvalue weighted by Crippen LogP contribution is 2.34. The molecule has 0 aliphatic heterocycles. The highest BCUT2D eigenvalue weighted by Gasteiger charge is 2.27. The lowest BCUT2D eigenvalue weighted by molar-refractivity contribution is -0.149. The van der Waals surface area contributed by atoms with E-state index in [2.05, 4.69) is 0 Å². The molecule has 0 aliphatic carbocycles. The minimum Gasteiger partial charge on any atom is -0.461 e. The molecule has 0 unspecified atom stereocenters. The van der Waals surface area contributed by atoms with Crippen LogP contribution in [0.4, 0.5) is 8.78 Å². The van der Waals surface area contributed by atoms with E-state index in [1.54, 1.807) is 6.92 Å². The Balaban J connectivity index is 2.48. The third-order valence-electron chi connectivity index (χ3n) is 3.75. The van der Waals surface area contributed by atoms with E-state index >= 15 is 0 Å². The first-order valence-corrected chi connectivity index (χ1v) is 8.32. The van der Waals surface area contributed by atoms with Crippen molar-refractivity contribution in [1.82, 2.24) is 0 Å². The van der Waals surface area contributed by atoms with E-state index in [4.69, 9.17) is 33.7 Å². The molecule has 0 fully saturated rings. The van der Waals surface area contributed by atoms with Crippen LogP contribution >= 0.6 is 23.2 Å². The van der Waals surface area contributed by atoms with Crippen molar-refractivity contribution in [3.8, 4) is 0 Å². The monoisotopic (exact) mass is 387 g/mol. The van der Waals surface area contributed by atoms with Gasteiger partial charge in [0.2, 0.25) is 0 Å². The van der Waals surface area contributed by atoms with Gasteiger partial charge in [-0.25, -0.2) is 8.78 Å². The van der Waals surface area contributed by atoms with Gasteiger partial charge >= 0.3 is 5.97 Å². The third-order valence-corrected chi connectivity index (χ3v) is 4.33. The van der Waals surface area contributed by atoms with Crippen LogP contribution in [0.5, 0.6) is 0 Å². The number of esters is 1.